The number of hydrogen-bond acceptors (Lipinski definition) is 15. The Kier molecular flexibility index (Phi) is 22.9. The lowest BCUT2D eigenvalue weighted by Crippen LogP contribution is -2.62. The number of carbonyl (C=O) groups is 10. The largest absolute Gasteiger partial charge is 0.497 e. The first kappa shape index (κ1) is 66.5. The molecule has 0 aromatic heterocycles. The number of ether oxygens (including phenoxy) is 4. The van der Waals surface area contributed by atoms with Gasteiger partial charge in [-0.05, 0) is 121 Å². The van der Waals surface area contributed by atoms with Crippen LogP contribution < -0.4 is 20.7 Å². The summed E-state index contributed by atoms with van der Waals surface area (Å²) in [5.74, 6) is -9.29. The van der Waals surface area contributed by atoms with Crippen LogP contribution in [0.2, 0.25) is 0 Å². The van der Waals surface area contributed by atoms with Gasteiger partial charge in [0.2, 0.25) is 35.4 Å². The van der Waals surface area contributed by atoms with Gasteiger partial charge < -0.3 is 54.7 Å². The molecule has 82 heavy (non-hydrogen) atoms. The van der Waals surface area contributed by atoms with Crippen LogP contribution in [0.5, 0.6) is 5.75 Å². The van der Waals surface area contributed by atoms with Crippen molar-refractivity contribution in [1.82, 2.24) is 35.6 Å². The molecule has 0 bridgehead atoms. The number of Topliss-reactive ketones (excluding diaryl/α,β-unsaturated/α-hetero) is 1. The van der Waals surface area contributed by atoms with Gasteiger partial charge in [0.05, 0.1) is 31.6 Å². The van der Waals surface area contributed by atoms with E-state index >= 15 is 14.4 Å². The van der Waals surface area contributed by atoms with E-state index < -0.39 is 149 Å². The minimum Gasteiger partial charge on any atom is -0.497 e. The Balaban J connectivity index is 1.62. The van der Waals surface area contributed by atoms with Gasteiger partial charge in [-0.2, -0.15) is 0 Å². The first-order valence-corrected chi connectivity index (χ1v) is 29.4. The maximum absolute atomic E-state index is 15.1. The van der Waals surface area contributed by atoms with Gasteiger partial charge in [0.1, 0.15) is 53.2 Å². The van der Waals surface area contributed by atoms with E-state index in [1.807, 2.05) is 27.7 Å². The molecule has 0 radical (unpaired) electrons. The fourth-order valence-electron chi connectivity index (χ4n) is 11.6. The lowest BCUT2D eigenvalue weighted by atomic mass is 9.91. The van der Waals surface area contributed by atoms with Crippen LogP contribution in [0, 0.1) is 29.6 Å². The lowest BCUT2D eigenvalue weighted by Gasteiger charge is -2.37. The van der Waals surface area contributed by atoms with Crippen LogP contribution in [-0.4, -0.2) is 183 Å². The van der Waals surface area contributed by atoms with Crippen molar-refractivity contribution >= 4 is 59.3 Å². The number of ketones is 1. The zero-order valence-electron chi connectivity index (χ0n) is 51.0. The maximum Gasteiger partial charge on any atom is 0.411 e. The van der Waals surface area contributed by atoms with E-state index in [1.54, 1.807) is 72.7 Å². The quantitative estimate of drug-likeness (QED) is 0.120. The number of likely N-dealkylation sites (N-methyl/N-ethyl adjacent to an activating group) is 1. The van der Waals surface area contributed by atoms with Crippen molar-refractivity contribution in [1.29, 1.82) is 0 Å². The minimum atomic E-state index is -1.74. The molecule has 4 aliphatic rings. The standard InChI is InChI=1S/C60H93N7O15/c1-16-36(8)47-45(68)32-46(69)81-50(35(6)7)49(70)37(9)51(71)61-41(29-33(2)3)54(74)65-26-17-19-42(65)55(75)64(14)44(31-39-20-22-40(79-15)23-21-39)56(76)80-38(10)48(53(73)62-47)63-52(72)43(30-34(4)5)66-28-25-60(57(66)77)24-18-27-67(60)58(78)82-59(11,12)13/h20-23,33-38,41-45,47-48,50,68H,16-19,24-32H2,1-15H3,(H,61,71)(H,62,73)(H,63,72)/t36-,37-,38-,41+,42-,43?,44-,45+,47+,48-,50+,60?/m0/s1. The molecule has 2 unspecified atom stereocenters. The molecule has 0 saturated carbocycles. The highest BCUT2D eigenvalue weighted by atomic mass is 16.6. The molecule has 4 fully saturated rings. The number of nitrogens with one attached hydrogen (secondary N) is 3. The molecule has 1 spiro atoms. The Morgan fingerprint density at radius 1 is 0.854 bits per heavy atom. The molecular weight excluding hydrogens is 1060 g/mol. The molecule has 4 aliphatic heterocycles. The van der Waals surface area contributed by atoms with Gasteiger partial charge >= 0.3 is 18.0 Å². The van der Waals surface area contributed by atoms with Crippen molar-refractivity contribution in [3.63, 3.8) is 0 Å². The molecular formula is C60H93N7O15. The van der Waals surface area contributed by atoms with Gasteiger partial charge in [-0.15, -0.1) is 0 Å². The molecule has 7 amide bonds. The Hall–Kier alpha value is -6.32. The molecule has 22 heteroatoms. The summed E-state index contributed by atoms with van der Waals surface area (Å²) < 4.78 is 23.1. The highest BCUT2D eigenvalue weighted by molar-refractivity contribution is 6.05. The maximum atomic E-state index is 15.1. The summed E-state index contributed by atoms with van der Waals surface area (Å²) in [4.78, 5) is 151. The summed E-state index contributed by atoms with van der Waals surface area (Å²) >= 11 is 0. The summed E-state index contributed by atoms with van der Waals surface area (Å²) in [5, 5.41) is 20.3. The van der Waals surface area contributed by atoms with Crippen molar-refractivity contribution in [2.24, 2.45) is 29.6 Å². The van der Waals surface area contributed by atoms with Crippen LogP contribution in [0.15, 0.2) is 24.3 Å². The highest BCUT2D eigenvalue weighted by Gasteiger charge is 2.58. The van der Waals surface area contributed by atoms with Gasteiger partial charge in [-0.1, -0.05) is 73.9 Å². The van der Waals surface area contributed by atoms with Crippen molar-refractivity contribution in [3.05, 3.63) is 29.8 Å². The van der Waals surface area contributed by atoms with E-state index in [1.165, 1.54) is 47.6 Å². The third kappa shape index (κ3) is 16.1. The Labute approximate surface area is 484 Å². The van der Waals surface area contributed by atoms with Gasteiger partial charge in [0.25, 0.3) is 0 Å². The average Bonchev–Trinajstić information content (AvgIpc) is 4.05. The zero-order valence-corrected chi connectivity index (χ0v) is 51.0. The number of nitrogens with zero attached hydrogens (tertiary/aromatic N) is 4. The summed E-state index contributed by atoms with van der Waals surface area (Å²) in [5.41, 5.74) is -1.54. The lowest BCUT2D eigenvalue weighted by molar-refractivity contribution is -0.163. The first-order valence-electron chi connectivity index (χ1n) is 29.4. The van der Waals surface area contributed by atoms with Crippen molar-refractivity contribution in [2.75, 3.05) is 33.8 Å². The van der Waals surface area contributed by atoms with Gasteiger partial charge in [-0.25, -0.2) is 9.59 Å². The number of methoxy groups -OCH3 is 1. The third-order valence-electron chi connectivity index (χ3n) is 16.4. The second-order valence-electron chi connectivity index (χ2n) is 25.2. The molecule has 12 atom stereocenters. The summed E-state index contributed by atoms with van der Waals surface area (Å²) in [6, 6.07) is -1.03. The number of amides is 7. The van der Waals surface area contributed by atoms with Gasteiger partial charge in [0.15, 0.2) is 11.9 Å². The number of aliphatic hydroxyl groups is 1. The highest BCUT2D eigenvalue weighted by Crippen LogP contribution is 2.41. The van der Waals surface area contributed by atoms with E-state index in [4.69, 9.17) is 18.9 Å². The topological polar surface area (TPSA) is 277 Å². The predicted octanol–water partition coefficient (Wildman–Crippen LogP) is 4.49. The number of carbonyl (C=O) groups excluding carboxylic acids is 10. The molecule has 4 saturated heterocycles. The second kappa shape index (κ2) is 28.3. The first-order chi connectivity index (χ1) is 38.3. The second-order valence-corrected chi connectivity index (χ2v) is 25.2. The minimum absolute atomic E-state index is 0.0908. The van der Waals surface area contributed by atoms with Gasteiger partial charge in [0, 0.05) is 33.1 Å². The van der Waals surface area contributed by atoms with Crippen LogP contribution >= 0.6 is 0 Å². The number of esters is 2. The predicted molar refractivity (Wildman–Crippen MR) is 302 cm³/mol. The number of hydrogen-bond donors (Lipinski definition) is 4. The summed E-state index contributed by atoms with van der Waals surface area (Å²) in [6.07, 6.45) is -3.79. The number of cyclic esters (lactones) is 2. The average molecular weight is 1150 g/mol. The van der Waals surface area contributed by atoms with Crippen LogP contribution in [0.25, 0.3) is 0 Å². The number of aliphatic hydroxyl groups excluding tert-OH is 1. The van der Waals surface area contributed by atoms with E-state index in [0.717, 1.165) is 0 Å². The molecule has 458 valence electrons. The van der Waals surface area contributed by atoms with Crippen LogP contribution in [-0.2, 0) is 63.8 Å². The van der Waals surface area contributed by atoms with Crippen LogP contribution in [0.4, 0.5) is 4.79 Å². The Morgan fingerprint density at radius 2 is 1.51 bits per heavy atom. The van der Waals surface area contributed by atoms with E-state index in [9.17, 15) is 38.7 Å². The van der Waals surface area contributed by atoms with Crippen LogP contribution in [0.1, 0.15) is 153 Å². The van der Waals surface area contributed by atoms with Crippen molar-refractivity contribution in [2.45, 2.75) is 220 Å². The van der Waals surface area contributed by atoms with Crippen molar-refractivity contribution < 1.29 is 72.0 Å². The molecule has 4 N–H and O–H groups in total. The normalized spacial score (nSPS) is 28.7. The molecule has 5 rings (SSSR count). The molecule has 22 nitrogen and oxygen atoms in total. The number of fused-ring (bicyclic) bond motifs is 1. The summed E-state index contributed by atoms with van der Waals surface area (Å²) in [6.45, 7) is 22.6. The summed E-state index contributed by atoms with van der Waals surface area (Å²) in [7, 11) is 2.91. The SMILES string of the molecule is CC[C@H](C)[C@H]1NC(=O)[C@@H](NC(=O)C(CC(C)C)N2CCC3(CCCN3C(=O)OC(C)(C)C)C2=O)[C@H](C)OC(=O)[C@H](Cc2ccc(OC)cc2)N(C)C(=O)[C@@H]2CCCN2C(=O)[C@@H](CC(C)C)NC(=O)[C@@H](C)C(=O)[C@@H](C(C)C)OC(=O)C[C@H]1O. The van der Waals surface area contributed by atoms with E-state index in [-0.39, 0.29) is 63.6 Å². The number of benzene rings is 1. The number of rotatable bonds is 13. The van der Waals surface area contributed by atoms with E-state index in [0.29, 0.717) is 37.0 Å². The molecule has 1 aromatic rings. The fourth-order valence-corrected chi connectivity index (χ4v) is 11.6. The molecule has 4 heterocycles. The molecule has 1 aromatic carbocycles. The number of likely N-dealkylation sites (tertiary alicyclic amines) is 2. The molecule has 0 aliphatic carbocycles. The van der Waals surface area contributed by atoms with Gasteiger partial charge in [-0.3, -0.25) is 43.3 Å². The fraction of sp³-hybridized carbons (Fsp3) is 0.733. The Bertz CT molecular complexity index is 2480. The Morgan fingerprint density at radius 3 is 2.10 bits per heavy atom. The monoisotopic (exact) mass is 1150 g/mol. The van der Waals surface area contributed by atoms with E-state index in [2.05, 4.69) is 16.0 Å². The van der Waals surface area contributed by atoms with Crippen molar-refractivity contribution in [3.8, 4) is 5.75 Å². The third-order valence-corrected chi connectivity index (χ3v) is 16.4. The smallest absolute Gasteiger partial charge is 0.411 e. The van der Waals surface area contributed by atoms with Crippen LogP contribution in [0.3, 0.4) is 0 Å². The zero-order chi connectivity index (χ0) is 61.3.